The Morgan fingerprint density at radius 1 is 1.42 bits per heavy atom. The molecular formula is C10H13FN. The molecule has 0 heterocycles. The smallest absolute Gasteiger partial charge is 0.123 e. The van der Waals surface area contributed by atoms with Crippen molar-refractivity contribution in [3.8, 4) is 0 Å². The molecule has 1 aromatic rings. The topological polar surface area (TPSA) is 3.24 Å². The van der Waals surface area contributed by atoms with E-state index in [4.69, 9.17) is 0 Å². The molecule has 1 radical (unpaired) electrons. The van der Waals surface area contributed by atoms with E-state index in [9.17, 15) is 4.39 Å². The van der Waals surface area contributed by atoms with Crippen LogP contribution in [-0.4, -0.2) is 25.5 Å². The van der Waals surface area contributed by atoms with E-state index in [1.54, 1.807) is 6.07 Å². The van der Waals surface area contributed by atoms with E-state index in [0.29, 0.717) is 0 Å². The van der Waals surface area contributed by atoms with E-state index in [-0.39, 0.29) is 5.82 Å². The quantitative estimate of drug-likeness (QED) is 0.661. The average molecular weight is 166 g/mol. The molecule has 0 aromatic heterocycles. The van der Waals surface area contributed by atoms with Crippen molar-refractivity contribution < 1.29 is 4.39 Å². The molecular weight excluding hydrogens is 153 g/mol. The van der Waals surface area contributed by atoms with Gasteiger partial charge in [0, 0.05) is 6.54 Å². The van der Waals surface area contributed by atoms with Gasteiger partial charge in [-0.25, -0.2) is 4.39 Å². The standard InChI is InChI=1S/C10H13FN/c1-12(2)8-7-9-3-5-10(11)6-4-9/h3,5-6H,7-8H2,1-2H3. The van der Waals surface area contributed by atoms with Crippen molar-refractivity contribution in [2.75, 3.05) is 20.6 Å². The molecule has 1 nitrogen and oxygen atoms in total. The van der Waals surface area contributed by atoms with Crippen LogP contribution < -0.4 is 0 Å². The average Bonchev–Trinajstić information content (AvgIpc) is 2.03. The lowest BCUT2D eigenvalue weighted by atomic mass is 10.1. The number of likely N-dealkylation sites (N-methyl/N-ethyl adjacent to an activating group) is 1. The van der Waals surface area contributed by atoms with Crippen molar-refractivity contribution in [3.63, 3.8) is 0 Å². The normalized spacial score (nSPS) is 10.7. The minimum atomic E-state index is -0.219. The van der Waals surface area contributed by atoms with E-state index >= 15 is 0 Å². The fourth-order valence-corrected chi connectivity index (χ4v) is 0.938. The Morgan fingerprint density at radius 2 is 2.17 bits per heavy atom. The van der Waals surface area contributed by atoms with Crippen LogP contribution in [0, 0.1) is 11.9 Å². The summed E-state index contributed by atoms with van der Waals surface area (Å²) in [5, 5.41) is 0. The van der Waals surface area contributed by atoms with E-state index < -0.39 is 0 Å². The maximum Gasteiger partial charge on any atom is 0.123 e. The third kappa shape index (κ3) is 3.01. The summed E-state index contributed by atoms with van der Waals surface area (Å²) < 4.78 is 12.4. The zero-order chi connectivity index (χ0) is 8.97. The van der Waals surface area contributed by atoms with Gasteiger partial charge in [-0.1, -0.05) is 6.07 Å². The third-order valence-electron chi connectivity index (χ3n) is 1.67. The van der Waals surface area contributed by atoms with Crippen LogP contribution in [0.15, 0.2) is 18.2 Å². The Morgan fingerprint density at radius 3 is 2.67 bits per heavy atom. The van der Waals surface area contributed by atoms with Gasteiger partial charge in [-0.15, -0.1) is 0 Å². The van der Waals surface area contributed by atoms with Gasteiger partial charge in [0.05, 0.1) is 0 Å². The Bertz CT molecular complexity index is 228. The maximum atomic E-state index is 12.4. The van der Waals surface area contributed by atoms with Crippen LogP contribution in [0.1, 0.15) is 5.56 Å². The molecule has 0 unspecified atom stereocenters. The van der Waals surface area contributed by atoms with Crippen LogP contribution in [0.5, 0.6) is 0 Å². The van der Waals surface area contributed by atoms with Crippen molar-refractivity contribution in [2.24, 2.45) is 0 Å². The van der Waals surface area contributed by atoms with Gasteiger partial charge in [0.15, 0.2) is 0 Å². The zero-order valence-electron chi connectivity index (χ0n) is 7.47. The molecule has 12 heavy (non-hydrogen) atoms. The van der Waals surface area contributed by atoms with E-state index in [0.717, 1.165) is 18.5 Å². The Balaban J connectivity index is 2.48. The first-order valence-electron chi connectivity index (χ1n) is 3.99. The molecule has 0 atom stereocenters. The van der Waals surface area contributed by atoms with Crippen molar-refractivity contribution in [3.05, 3.63) is 35.6 Å². The number of rotatable bonds is 3. The highest BCUT2D eigenvalue weighted by Crippen LogP contribution is 2.02. The second-order valence-corrected chi connectivity index (χ2v) is 3.09. The molecule has 1 aromatic carbocycles. The summed E-state index contributed by atoms with van der Waals surface area (Å²) in [6.45, 7) is 0.974. The lowest BCUT2D eigenvalue weighted by Crippen LogP contribution is -2.15. The lowest BCUT2D eigenvalue weighted by molar-refractivity contribution is 0.413. The second-order valence-electron chi connectivity index (χ2n) is 3.09. The molecule has 65 valence electrons. The lowest BCUT2D eigenvalue weighted by Gasteiger charge is -2.08. The summed E-state index contributed by atoms with van der Waals surface area (Å²) in [5.41, 5.74) is 1.06. The van der Waals surface area contributed by atoms with Gasteiger partial charge in [0.2, 0.25) is 0 Å². The van der Waals surface area contributed by atoms with E-state index in [1.165, 1.54) is 12.1 Å². The molecule has 0 saturated carbocycles. The summed E-state index contributed by atoms with van der Waals surface area (Å²) in [6, 6.07) is 7.52. The van der Waals surface area contributed by atoms with Crippen molar-refractivity contribution in [2.45, 2.75) is 6.42 Å². The first-order valence-corrected chi connectivity index (χ1v) is 3.99. The minimum Gasteiger partial charge on any atom is -0.309 e. The minimum absolute atomic E-state index is 0.219. The molecule has 0 aliphatic heterocycles. The first-order chi connectivity index (χ1) is 5.68. The van der Waals surface area contributed by atoms with Crippen molar-refractivity contribution >= 4 is 0 Å². The van der Waals surface area contributed by atoms with Crippen LogP contribution in [0.25, 0.3) is 0 Å². The SMILES string of the molecule is CN(C)CCc1[c]cc(F)cc1. The Hall–Kier alpha value is -0.890. The molecule has 0 spiro atoms. The molecule has 0 bridgehead atoms. The van der Waals surface area contributed by atoms with Gasteiger partial charge in [-0.3, -0.25) is 0 Å². The molecule has 0 aliphatic rings. The molecule has 2 heteroatoms. The first kappa shape index (κ1) is 9.20. The van der Waals surface area contributed by atoms with Crippen LogP contribution in [0.2, 0.25) is 0 Å². The van der Waals surface area contributed by atoms with Gasteiger partial charge < -0.3 is 4.90 Å². The van der Waals surface area contributed by atoms with Gasteiger partial charge >= 0.3 is 0 Å². The van der Waals surface area contributed by atoms with Gasteiger partial charge in [-0.05, 0) is 44.3 Å². The number of hydrogen-bond donors (Lipinski definition) is 0. The highest BCUT2D eigenvalue weighted by atomic mass is 19.1. The molecule has 0 fully saturated rings. The van der Waals surface area contributed by atoms with Crippen LogP contribution in [0.3, 0.4) is 0 Å². The van der Waals surface area contributed by atoms with E-state index in [1.807, 2.05) is 14.1 Å². The monoisotopic (exact) mass is 166 g/mol. The van der Waals surface area contributed by atoms with Crippen LogP contribution >= 0.6 is 0 Å². The molecule has 1 rings (SSSR count). The zero-order valence-corrected chi connectivity index (χ0v) is 7.47. The largest absolute Gasteiger partial charge is 0.309 e. The Labute approximate surface area is 72.8 Å². The third-order valence-corrected chi connectivity index (χ3v) is 1.67. The van der Waals surface area contributed by atoms with Crippen molar-refractivity contribution in [1.29, 1.82) is 0 Å². The predicted octanol–water partition coefficient (Wildman–Crippen LogP) is 1.73. The number of hydrogen-bond acceptors (Lipinski definition) is 1. The highest BCUT2D eigenvalue weighted by Gasteiger charge is 1.95. The summed E-state index contributed by atoms with van der Waals surface area (Å²) in [6.07, 6.45) is 0.924. The number of nitrogens with zero attached hydrogens (tertiary/aromatic N) is 1. The van der Waals surface area contributed by atoms with Gasteiger partial charge in [0.1, 0.15) is 5.82 Å². The van der Waals surface area contributed by atoms with Crippen molar-refractivity contribution in [1.82, 2.24) is 4.90 Å². The molecule has 0 amide bonds. The van der Waals surface area contributed by atoms with Gasteiger partial charge in [0.25, 0.3) is 0 Å². The highest BCUT2D eigenvalue weighted by molar-refractivity contribution is 5.14. The molecule has 0 N–H and O–H groups in total. The van der Waals surface area contributed by atoms with Crippen LogP contribution in [-0.2, 0) is 6.42 Å². The maximum absolute atomic E-state index is 12.4. The fraction of sp³-hybridized carbons (Fsp3) is 0.400. The summed E-state index contributed by atoms with van der Waals surface area (Å²) in [4.78, 5) is 2.09. The Kier molecular flexibility index (Phi) is 3.23. The second kappa shape index (κ2) is 4.21. The van der Waals surface area contributed by atoms with E-state index in [2.05, 4.69) is 11.0 Å². The molecule has 0 aliphatic carbocycles. The summed E-state index contributed by atoms with van der Waals surface area (Å²) >= 11 is 0. The van der Waals surface area contributed by atoms with Gasteiger partial charge in [-0.2, -0.15) is 0 Å². The fourth-order valence-electron chi connectivity index (χ4n) is 0.938. The molecule has 0 saturated heterocycles. The summed E-state index contributed by atoms with van der Waals surface area (Å²) in [7, 11) is 4.03. The summed E-state index contributed by atoms with van der Waals surface area (Å²) in [5.74, 6) is -0.219. The number of benzene rings is 1. The predicted molar refractivity (Wildman–Crippen MR) is 47.5 cm³/mol. The number of halogens is 1. The van der Waals surface area contributed by atoms with Crippen LogP contribution in [0.4, 0.5) is 4.39 Å².